The number of methoxy groups -OCH3 is 1. The Labute approximate surface area is 206 Å². The molecule has 0 spiro atoms. The number of furan rings is 1. The number of rotatable bonds is 7. The van der Waals surface area contributed by atoms with Crippen LogP contribution in [0.1, 0.15) is 11.1 Å². The molecule has 0 radical (unpaired) electrons. The molecule has 0 fully saturated rings. The van der Waals surface area contributed by atoms with Gasteiger partial charge in [-0.05, 0) is 48.7 Å². The highest BCUT2D eigenvalue weighted by Gasteiger charge is 2.21. The molecule has 5 aromatic rings. The number of amides is 1. The number of hydrogen-bond acceptors (Lipinski definition) is 5. The number of fused-ring (bicyclic) bond motifs is 3. The maximum atomic E-state index is 13.6. The Morgan fingerprint density at radius 1 is 0.972 bits per heavy atom. The first-order valence-corrected chi connectivity index (χ1v) is 11.6. The average Bonchev–Trinajstić information content (AvgIpc) is 3.27. The van der Waals surface area contributed by atoms with Gasteiger partial charge >= 0.3 is 5.69 Å². The fraction of sp³-hybridized carbons (Fsp3) is 0.179. The van der Waals surface area contributed by atoms with Crippen LogP contribution in [0, 0.1) is 6.92 Å². The molecule has 0 bridgehead atoms. The number of nitrogens with zero attached hydrogens (tertiary/aromatic N) is 2. The van der Waals surface area contributed by atoms with Gasteiger partial charge in [-0.3, -0.25) is 18.7 Å². The van der Waals surface area contributed by atoms with Crippen LogP contribution in [0.4, 0.5) is 5.69 Å². The topological polar surface area (TPSA) is 95.5 Å². The number of benzene rings is 3. The van der Waals surface area contributed by atoms with Gasteiger partial charge in [0.25, 0.3) is 5.56 Å². The summed E-state index contributed by atoms with van der Waals surface area (Å²) in [6.07, 6.45) is 0.481. The quantitative estimate of drug-likeness (QED) is 0.376. The van der Waals surface area contributed by atoms with E-state index >= 15 is 0 Å². The fourth-order valence-corrected chi connectivity index (χ4v) is 4.38. The second kappa shape index (κ2) is 9.58. The molecular formula is C28H25N3O5. The molecule has 0 unspecified atom stereocenters. The maximum absolute atomic E-state index is 13.6. The average molecular weight is 484 g/mol. The van der Waals surface area contributed by atoms with Gasteiger partial charge in [0, 0.05) is 11.9 Å². The van der Waals surface area contributed by atoms with Crippen molar-refractivity contribution in [1.82, 2.24) is 9.13 Å². The Kier molecular flexibility index (Phi) is 6.16. The Balaban J connectivity index is 1.59. The highest BCUT2D eigenvalue weighted by Crippen LogP contribution is 2.27. The van der Waals surface area contributed by atoms with Gasteiger partial charge < -0.3 is 14.5 Å². The standard InChI is InChI=1S/C28H25N3O5/c1-18-12-13-23(35-2)21(16-18)29-24(32)17-31-25-20-10-6-7-11-22(20)36-26(25)27(33)30(28(31)34)15-14-19-8-4-3-5-9-19/h3-13,16H,14-15,17H2,1-2H3,(H,29,32). The lowest BCUT2D eigenvalue weighted by molar-refractivity contribution is -0.116. The van der Waals surface area contributed by atoms with E-state index in [1.54, 1.807) is 36.4 Å². The van der Waals surface area contributed by atoms with E-state index in [2.05, 4.69) is 5.32 Å². The molecule has 0 aliphatic heterocycles. The largest absolute Gasteiger partial charge is 0.495 e. The number of carbonyl (C=O) groups excluding carboxylic acids is 1. The maximum Gasteiger partial charge on any atom is 0.332 e. The summed E-state index contributed by atoms with van der Waals surface area (Å²) >= 11 is 0. The summed E-state index contributed by atoms with van der Waals surface area (Å²) in [4.78, 5) is 40.1. The minimum Gasteiger partial charge on any atom is -0.495 e. The van der Waals surface area contributed by atoms with Gasteiger partial charge in [-0.25, -0.2) is 4.79 Å². The highest BCUT2D eigenvalue weighted by atomic mass is 16.5. The van der Waals surface area contributed by atoms with Crippen LogP contribution in [0.25, 0.3) is 22.1 Å². The summed E-state index contributed by atoms with van der Waals surface area (Å²) in [7, 11) is 1.52. The molecule has 1 amide bonds. The van der Waals surface area contributed by atoms with Crippen LogP contribution in [0.3, 0.4) is 0 Å². The van der Waals surface area contributed by atoms with Crippen LogP contribution in [-0.4, -0.2) is 22.2 Å². The minimum atomic E-state index is -0.568. The molecule has 182 valence electrons. The monoisotopic (exact) mass is 483 g/mol. The van der Waals surface area contributed by atoms with E-state index in [0.717, 1.165) is 15.7 Å². The lowest BCUT2D eigenvalue weighted by Gasteiger charge is -2.14. The second-order valence-corrected chi connectivity index (χ2v) is 8.59. The smallest absolute Gasteiger partial charge is 0.332 e. The molecule has 0 atom stereocenters. The summed E-state index contributed by atoms with van der Waals surface area (Å²) < 4.78 is 13.7. The normalized spacial score (nSPS) is 11.2. The van der Waals surface area contributed by atoms with Gasteiger partial charge in [0.1, 0.15) is 23.4 Å². The zero-order valence-electron chi connectivity index (χ0n) is 20.0. The molecular weight excluding hydrogens is 458 g/mol. The zero-order chi connectivity index (χ0) is 25.2. The van der Waals surface area contributed by atoms with E-state index in [1.807, 2.05) is 43.3 Å². The van der Waals surface area contributed by atoms with Crippen molar-refractivity contribution >= 4 is 33.7 Å². The number of carbonyl (C=O) groups is 1. The summed E-state index contributed by atoms with van der Waals surface area (Å²) in [5.41, 5.74) is 2.18. The van der Waals surface area contributed by atoms with Gasteiger partial charge in [-0.1, -0.05) is 48.5 Å². The number of para-hydroxylation sites is 1. The summed E-state index contributed by atoms with van der Waals surface area (Å²) in [5, 5.41) is 3.43. The lowest BCUT2D eigenvalue weighted by Crippen LogP contribution is -2.41. The molecule has 2 heterocycles. The van der Waals surface area contributed by atoms with Crippen molar-refractivity contribution in [2.45, 2.75) is 26.4 Å². The van der Waals surface area contributed by atoms with E-state index in [-0.39, 0.29) is 18.7 Å². The first kappa shape index (κ1) is 23.2. The van der Waals surface area contributed by atoms with E-state index in [0.29, 0.717) is 34.3 Å². The predicted octanol–water partition coefficient (Wildman–Crippen LogP) is 4.11. The Morgan fingerprint density at radius 3 is 2.50 bits per heavy atom. The van der Waals surface area contributed by atoms with E-state index in [1.165, 1.54) is 11.7 Å². The second-order valence-electron chi connectivity index (χ2n) is 8.59. The number of aryl methyl sites for hydroxylation is 2. The third-order valence-corrected chi connectivity index (χ3v) is 6.14. The number of aromatic nitrogens is 2. The molecule has 1 N–H and O–H groups in total. The lowest BCUT2D eigenvalue weighted by atomic mass is 10.1. The van der Waals surface area contributed by atoms with Gasteiger partial charge in [-0.2, -0.15) is 0 Å². The minimum absolute atomic E-state index is 0.0461. The molecule has 8 heteroatoms. The molecule has 36 heavy (non-hydrogen) atoms. The van der Waals surface area contributed by atoms with E-state index in [4.69, 9.17) is 9.15 Å². The van der Waals surface area contributed by atoms with Crippen molar-refractivity contribution in [3.63, 3.8) is 0 Å². The van der Waals surface area contributed by atoms with Gasteiger partial charge in [0.15, 0.2) is 0 Å². The summed E-state index contributed by atoms with van der Waals surface area (Å²) in [5.74, 6) is 0.0777. The first-order chi connectivity index (χ1) is 17.5. The van der Waals surface area contributed by atoms with Crippen molar-refractivity contribution < 1.29 is 13.9 Å². The summed E-state index contributed by atoms with van der Waals surface area (Å²) in [6.45, 7) is 1.76. The van der Waals surface area contributed by atoms with Crippen molar-refractivity contribution in [2.24, 2.45) is 0 Å². The van der Waals surface area contributed by atoms with Crippen molar-refractivity contribution in [2.75, 3.05) is 12.4 Å². The van der Waals surface area contributed by atoms with E-state index in [9.17, 15) is 14.4 Å². The number of ether oxygens (including phenoxy) is 1. The SMILES string of the molecule is COc1ccc(C)cc1NC(=O)Cn1c(=O)n(CCc2ccccc2)c(=O)c2oc3ccccc3c21. The van der Waals surface area contributed by atoms with Crippen LogP contribution in [0.5, 0.6) is 5.75 Å². The van der Waals surface area contributed by atoms with Crippen LogP contribution in [-0.2, 0) is 24.3 Å². The van der Waals surface area contributed by atoms with Crippen molar-refractivity contribution in [3.8, 4) is 5.75 Å². The van der Waals surface area contributed by atoms with Gasteiger partial charge in [0.2, 0.25) is 11.5 Å². The zero-order valence-corrected chi connectivity index (χ0v) is 20.0. The van der Waals surface area contributed by atoms with Crippen molar-refractivity contribution in [1.29, 1.82) is 0 Å². The summed E-state index contributed by atoms with van der Waals surface area (Å²) in [6, 6.07) is 22.1. The van der Waals surface area contributed by atoms with Crippen LogP contribution in [0.15, 0.2) is 86.8 Å². The number of nitrogens with one attached hydrogen (secondary N) is 1. The first-order valence-electron chi connectivity index (χ1n) is 11.6. The molecule has 3 aromatic carbocycles. The predicted molar refractivity (Wildman–Crippen MR) is 139 cm³/mol. The number of anilines is 1. The van der Waals surface area contributed by atoms with Crippen molar-refractivity contribution in [3.05, 3.63) is 105 Å². The van der Waals surface area contributed by atoms with Crippen LogP contribution in [0.2, 0.25) is 0 Å². The van der Waals surface area contributed by atoms with Crippen LogP contribution >= 0.6 is 0 Å². The molecule has 5 rings (SSSR count). The highest BCUT2D eigenvalue weighted by molar-refractivity contribution is 6.03. The Bertz CT molecular complexity index is 1700. The molecule has 0 aliphatic carbocycles. The van der Waals surface area contributed by atoms with Gasteiger partial charge in [0.05, 0.1) is 12.8 Å². The molecule has 0 aliphatic rings. The van der Waals surface area contributed by atoms with Gasteiger partial charge in [-0.15, -0.1) is 0 Å². The Hall–Kier alpha value is -4.59. The third-order valence-electron chi connectivity index (χ3n) is 6.14. The Morgan fingerprint density at radius 2 is 1.72 bits per heavy atom. The van der Waals surface area contributed by atoms with Crippen LogP contribution < -0.4 is 21.3 Å². The fourth-order valence-electron chi connectivity index (χ4n) is 4.38. The molecule has 2 aromatic heterocycles. The molecule has 0 saturated carbocycles. The molecule has 8 nitrogen and oxygen atoms in total. The number of hydrogen-bond donors (Lipinski definition) is 1. The molecule has 0 saturated heterocycles. The van der Waals surface area contributed by atoms with E-state index < -0.39 is 17.2 Å². The third kappa shape index (κ3) is 4.29.